The number of likely N-dealkylation sites (N-methyl/N-ethyl adjacent to an activating group) is 1. The SMILES string of the molecule is Cc1cc2c(o1)CC(=O)N(C)S2(=O)=O.Cl.Cl.Cl.Cl.Cl.P. The number of hydrogen-bond donors (Lipinski definition) is 0. The van der Waals surface area contributed by atoms with Crippen LogP contribution in [0.3, 0.4) is 0 Å². The van der Waals surface area contributed by atoms with Crippen molar-refractivity contribution >= 4 is 87.9 Å². The molecule has 1 aromatic rings. The third kappa shape index (κ3) is 5.41. The summed E-state index contributed by atoms with van der Waals surface area (Å²) >= 11 is 0. The molecule has 5 nitrogen and oxygen atoms in total. The van der Waals surface area contributed by atoms with Gasteiger partial charge in [0.25, 0.3) is 10.0 Å². The summed E-state index contributed by atoms with van der Waals surface area (Å²) in [4.78, 5) is 11.4. The molecule has 124 valence electrons. The molecule has 12 heteroatoms. The first-order valence-corrected chi connectivity index (χ1v) is 5.48. The number of amides is 1. The minimum Gasteiger partial charge on any atom is -0.464 e. The molecule has 1 atom stereocenters. The molecule has 0 fully saturated rings. The van der Waals surface area contributed by atoms with E-state index in [0.717, 1.165) is 4.31 Å². The van der Waals surface area contributed by atoms with Crippen molar-refractivity contribution in [3.63, 3.8) is 0 Å². The summed E-state index contributed by atoms with van der Waals surface area (Å²) < 4.78 is 29.2. The van der Waals surface area contributed by atoms with E-state index >= 15 is 0 Å². The van der Waals surface area contributed by atoms with Gasteiger partial charge in [-0.1, -0.05) is 0 Å². The zero-order chi connectivity index (χ0) is 10.5. The number of carbonyl (C=O) groups is 1. The zero-order valence-corrected chi connectivity index (χ0v) is 16.8. The molecule has 0 aliphatic carbocycles. The van der Waals surface area contributed by atoms with E-state index in [-0.39, 0.29) is 89.0 Å². The van der Waals surface area contributed by atoms with E-state index in [0.29, 0.717) is 5.76 Å². The molecule has 0 radical (unpaired) electrons. The molecule has 1 aromatic heterocycles. The van der Waals surface area contributed by atoms with E-state index < -0.39 is 15.9 Å². The smallest absolute Gasteiger partial charge is 0.269 e. The van der Waals surface area contributed by atoms with Crippen LogP contribution in [0.4, 0.5) is 0 Å². The Balaban J connectivity index is -0.000000125. The number of carbonyl (C=O) groups excluding carboxylic acids is 1. The summed E-state index contributed by atoms with van der Waals surface area (Å²) in [6, 6.07) is 1.44. The molecule has 20 heavy (non-hydrogen) atoms. The summed E-state index contributed by atoms with van der Waals surface area (Å²) in [5.41, 5.74) is 0. The van der Waals surface area contributed by atoms with Crippen LogP contribution in [0.25, 0.3) is 0 Å². The van der Waals surface area contributed by atoms with Gasteiger partial charge in [0.2, 0.25) is 5.91 Å². The van der Waals surface area contributed by atoms with Gasteiger partial charge < -0.3 is 4.42 Å². The molecular formula is C8H17Cl5NO4PS. The molecule has 0 spiro atoms. The first-order valence-electron chi connectivity index (χ1n) is 4.04. The lowest BCUT2D eigenvalue weighted by atomic mass is 10.3. The maximum atomic E-state index is 11.7. The quantitative estimate of drug-likeness (QED) is 0.592. The number of aryl methyl sites for hydroxylation is 1. The highest BCUT2D eigenvalue weighted by Crippen LogP contribution is 2.28. The van der Waals surface area contributed by atoms with Crippen molar-refractivity contribution in [1.82, 2.24) is 4.31 Å². The fourth-order valence-electron chi connectivity index (χ4n) is 1.41. The molecule has 0 saturated heterocycles. The van der Waals surface area contributed by atoms with Gasteiger partial charge in [0.1, 0.15) is 16.4 Å². The number of sulfonamides is 1. The van der Waals surface area contributed by atoms with Gasteiger partial charge in [-0.15, -0.1) is 62.0 Å². The van der Waals surface area contributed by atoms with Crippen LogP contribution in [0.15, 0.2) is 15.4 Å². The molecular weight excluding hydrogens is 414 g/mol. The number of nitrogens with zero attached hydrogens (tertiary/aromatic N) is 1. The van der Waals surface area contributed by atoms with Crippen LogP contribution in [0, 0.1) is 6.92 Å². The standard InChI is InChI=1S/C8H9NO4S.5ClH.H3P/c1-5-3-7-6(13-5)4-8(10)9(2)14(7,11)12;;;;;;/h3H,4H2,1-2H3;5*1H;1H3. The maximum Gasteiger partial charge on any atom is 0.269 e. The Kier molecular flexibility index (Phi) is 18.2. The highest BCUT2D eigenvalue weighted by atomic mass is 35.5. The molecule has 2 rings (SSSR count). The summed E-state index contributed by atoms with van der Waals surface area (Å²) in [6.07, 6.45) is 0.0128. The van der Waals surface area contributed by atoms with Gasteiger partial charge in [-0.25, -0.2) is 12.7 Å². The number of furan rings is 1. The lowest BCUT2D eigenvalue weighted by Crippen LogP contribution is -2.38. The second-order valence-corrected chi connectivity index (χ2v) is 5.13. The monoisotopic (exact) mass is 429 g/mol. The van der Waals surface area contributed by atoms with Gasteiger partial charge >= 0.3 is 0 Å². The minimum atomic E-state index is -3.66. The van der Waals surface area contributed by atoms with Gasteiger partial charge in [-0.05, 0) is 6.92 Å². The molecule has 1 amide bonds. The molecule has 1 unspecified atom stereocenters. The summed E-state index contributed by atoms with van der Waals surface area (Å²) in [6.45, 7) is 1.65. The van der Waals surface area contributed by atoms with Crippen molar-refractivity contribution in [3.8, 4) is 0 Å². The van der Waals surface area contributed by atoms with Gasteiger partial charge in [0.05, 0.1) is 6.42 Å². The average molecular weight is 432 g/mol. The van der Waals surface area contributed by atoms with Crippen LogP contribution in [0.2, 0.25) is 0 Å². The molecule has 0 saturated carbocycles. The Hall–Kier alpha value is 0.580. The third-order valence-corrected chi connectivity index (χ3v) is 4.02. The normalized spacial score (nSPS) is 13.7. The average Bonchev–Trinajstić information content (AvgIpc) is 2.44. The highest BCUT2D eigenvalue weighted by molar-refractivity contribution is 7.89. The highest BCUT2D eigenvalue weighted by Gasteiger charge is 2.36. The zero-order valence-electron chi connectivity index (χ0n) is 10.5. The Morgan fingerprint density at radius 2 is 1.60 bits per heavy atom. The van der Waals surface area contributed by atoms with Crippen molar-refractivity contribution in [1.29, 1.82) is 0 Å². The predicted octanol–water partition coefficient (Wildman–Crippen LogP) is 2.46. The Morgan fingerprint density at radius 3 is 2.05 bits per heavy atom. The van der Waals surface area contributed by atoms with Gasteiger partial charge in [-0.3, -0.25) is 4.79 Å². The van der Waals surface area contributed by atoms with Gasteiger partial charge in [0.15, 0.2) is 0 Å². The van der Waals surface area contributed by atoms with E-state index in [4.69, 9.17) is 4.42 Å². The van der Waals surface area contributed by atoms with Crippen LogP contribution in [0.1, 0.15) is 11.5 Å². The predicted molar refractivity (Wildman–Crippen MR) is 94.4 cm³/mol. The van der Waals surface area contributed by atoms with Crippen molar-refractivity contribution in [2.45, 2.75) is 18.2 Å². The topological polar surface area (TPSA) is 67.6 Å². The molecule has 0 aromatic carbocycles. The Bertz CT molecular complexity index is 521. The minimum absolute atomic E-state index is 0. The molecule has 0 N–H and O–H groups in total. The largest absolute Gasteiger partial charge is 0.464 e. The van der Waals surface area contributed by atoms with Crippen molar-refractivity contribution < 1.29 is 17.6 Å². The van der Waals surface area contributed by atoms with Crippen molar-refractivity contribution in [2.75, 3.05) is 7.05 Å². The van der Waals surface area contributed by atoms with Crippen LogP contribution in [-0.2, 0) is 21.2 Å². The number of hydrogen-bond acceptors (Lipinski definition) is 4. The second kappa shape index (κ2) is 11.2. The Labute approximate surface area is 152 Å². The molecule has 1 aliphatic heterocycles. The van der Waals surface area contributed by atoms with Crippen LogP contribution in [-0.4, -0.2) is 25.7 Å². The van der Waals surface area contributed by atoms with Crippen molar-refractivity contribution in [2.24, 2.45) is 0 Å². The van der Waals surface area contributed by atoms with E-state index in [9.17, 15) is 13.2 Å². The van der Waals surface area contributed by atoms with Gasteiger partial charge in [-0.2, -0.15) is 9.90 Å². The number of fused-ring (bicyclic) bond motifs is 1. The Morgan fingerprint density at radius 1 is 1.15 bits per heavy atom. The lowest BCUT2D eigenvalue weighted by molar-refractivity contribution is -0.125. The summed E-state index contributed by atoms with van der Waals surface area (Å²) in [5, 5.41) is 0. The first-order chi connectivity index (χ1) is 6.43. The van der Waals surface area contributed by atoms with Gasteiger partial charge in [0, 0.05) is 13.1 Å². The maximum absolute atomic E-state index is 11.7. The van der Waals surface area contributed by atoms with Crippen LogP contribution < -0.4 is 0 Å². The summed E-state index contributed by atoms with van der Waals surface area (Å²) in [7, 11) is -2.41. The van der Waals surface area contributed by atoms with E-state index in [1.807, 2.05) is 0 Å². The van der Waals surface area contributed by atoms with Crippen LogP contribution >= 0.6 is 71.9 Å². The molecule has 1 aliphatic rings. The molecule has 2 heterocycles. The fourth-order valence-corrected chi connectivity index (χ4v) is 2.76. The second-order valence-electron chi connectivity index (χ2n) is 3.19. The number of rotatable bonds is 0. The van der Waals surface area contributed by atoms with Crippen LogP contribution in [0.5, 0.6) is 0 Å². The summed E-state index contributed by atoms with van der Waals surface area (Å²) in [5.74, 6) is 0.277. The third-order valence-electron chi connectivity index (χ3n) is 2.19. The first kappa shape index (κ1) is 32.5. The van der Waals surface area contributed by atoms with E-state index in [1.54, 1.807) is 6.92 Å². The molecule has 0 bridgehead atoms. The lowest BCUT2D eigenvalue weighted by Gasteiger charge is -2.20. The van der Waals surface area contributed by atoms with E-state index in [1.165, 1.54) is 13.1 Å². The number of halogens is 5. The van der Waals surface area contributed by atoms with Crippen molar-refractivity contribution in [3.05, 3.63) is 17.6 Å². The fraction of sp³-hybridized carbons (Fsp3) is 0.375. The van der Waals surface area contributed by atoms with E-state index in [2.05, 4.69) is 0 Å².